The van der Waals surface area contributed by atoms with Gasteiger partial charge in [0.25, 0.3) is 0 Å². The van der Waals surface area contributed by atoms with Crippen molar-refractivity contribution in [3.63, 3.8) is 0 Å². The Kier molecular flexibility index (Phi) is 7.34. The van der Waals surface area contributed by atoms with Crippen LogP contribution in [-0.2, 0) is 21.6 Å². The first kappa shape index (κ1) is 21.4. The lowest BCUT2D eigenvalue weighted by Gasteiger charge is -2.21. The molecule has 0 fully saturated rings. The SMILES string of the molecule is Cc1ccc([S@](=O)C([C@H](C)/C=C/c2ccccc2)[S@@](=O)c2ccc(C)cc2)cc1. The van der Waals surface area contributed by atoms with Gasteiger partial charge in [-0.1, -0.05) is 84.8 Å². The van der Waals surface area contributed by atoms with E-state index < -0.39 is 26.2 Å². The van der Waals surface area contributed by atoms with E-state index in [1.807, 2.05) is 112 Å². The molecule has 2 nitrogen and oxygen atoms in total. The van der Waals surface area contributed by atoms with E-state index in [0.717, 1.165) is 16.7 Å². The van der Waals surface area contributed by atoms with Crippen LogP contribution in [-0.4, -0.2) is 13.0 Å². The summed E-state index contributed by atoms with van der Waals surface area (Å²) in [5, 5.41) is 0. The number of allylic oxidation sites excluding steroid dienone is 1. The highest BCUT2D eigenvalue weighted by Crippen LogP contribution is 2.27. The molecule has 0 amide bonds. The summed E-state index contributed by atoms with van der Waals surface area (Å²) in [6.07, 6.45) is 4.02. The van der Waals surface area contributed by atoms with Crippen molar-refractivity contribution in [2.75, 3.05) is 0 Å². The first-order chi connectivity index (χ1) is 14.0. The van der Waals surface area contributed by atoms with Crippen LogP contribution in [0.25, 0.3) is 6.08 Å². The van der Waals surface area contributed by atoms with Gasteiger partial charge in [0.1, 0.15) is 4.58 Å². The van der Waals surface area contributed by atoms with Crippen LogP contribution in [0, 0.1) is 19.8 Å². The fourth-order valence-electron chi connectivity index (χ4n) is 3.00. The van der Waals surface area contributed by atoms with E-state index in [2.05, 4.69) is 0 Å². The molecule has 0 unspecified atom stereocenters. The number of hydrogen-bond acceptors (Lipinski definition) is 2. The molecule has 0 heterocycles. The van der Waals surface area contributed by atoms with E-state index in [9.17, 15) is 8.42 Å². The van der Waals surface area contributed by atoms with Crippen LogP contribution in [0.2, 0.25) is 0 Å². The van der Waals surface area contributed by atoms with Crippen molar-refractivity contribution in [1.29, 1.82) is 0 Å². The van der Waals surface area contributed by atoms with E-state index in [0.29, 0.717) is 9.79 Å². The molecule has 150 valence electrons. The largest absolute Gasteiger partial charge is 0.253 e. The van der Waals surface area contributed by atoms with Crippen LogP contribution in [0.1, 0.15) is 23.6 Å². The van der Waals surface area contributed by atoms with Crippen molar-refractivity contribution >= 4 is 27.7 Å². The van der Waals surface area contributed by atoms with Gasteiger partial charge < -0.3 is 0 Å². The zero-order chi connectivity index (χ0) is 20.8. The van der Waals surface area contributed by atoms with Gasteiger partial charge in [-0.15, -0.1) is 0 Å². The Balaban J connectivity index is 1.94. The first-order valence-corrected chi connectivity index (χ1v) is 12.1. The molecule has 0 aliphatic heterocycles. The van der Waals surface area contributed by atoms with Gasteiger partial charge in [0, 0.05) is 15.7 Å². The predicted molar refractivity (Wildman–Crippen MR) is 124 cm³/mol. The molecule has 29 heavy (non-hydrogen) atoms. The summed E-state index contributed by atoms with van der Waals surface area (Å²) < 4.78 is 26.4. The zero-order valence-electron chi connectivity index (χ0n) is 16.9. The number of rotatable bonds is 7. The lowest BCUT2D eigenvalue weighted by molar-refractivity contribution is 0.651. The summed E-state index contributed by atoms with van der Waals surface area (Å²) in [5.41, 5.74) is 3.29. The highest BCUT2D eigenvalue weighted by atomic mass is 32.2. The molecule has 3 aromatic rings. The minimum Gasteiger partial charge on any atom is -0.253 e. The lowest BCUT2D eigenvalue weighted by Crippen LogP contribution is -2.28. The molecular weight excluding hydrogens is 396 g/mol. The summed E-state index contributed by atoms with van der Waals surface area (Å²) >= 11 is 0. The van der Waals surface area contributed by atoms with Crippen molar-refractivity contribution in [2.24, 2.45) is 5.92 Å². The third-order valence-electron chi connectivity index (χ3n) is 4.75. The first-order valence-electron chi connectivity index (χ1n) is 9.63. The van der Waals surface area contributed by atoms with Gasteiger partial charge in [-0.3, -0.25) is 8.42 Å². The van der Waals surface area contributed by atoms with Crippen molar-refractivity contribution in [3.05, 3.63) is 102 Å². The third-order valence-corrected chi connectivity index (χ3v) is 8.97. The van der Waals surface area contributed by atoms with E-state index in [-0.39, 0.29) is 5.92 Å². The topological polar surface area (TPSA) is 34.1 Å². The molecular formula is C25H26O2S2. The minimum atomic E-state index is -1.40. The lowest BCUT2D eigenvalue weighted by atomic mass is 10.1. The molecule has 0 bridgehead atoms. The fourth-order valence-corrected chi connectivity index (χ4v) is 6.61. The van der Waals surface area contributed by atoms with E-state index in [1.54, 1.807) is 0 Å². The maximum atomic E-state index is 13.5. The molecule has 0 N–H and O–H groups in total. The van der Waals surface area contributed by atoms with E-state index in [4.69, 9.17) is 0 Å². The maximum absolute atomic E-state index is 13.5. The molecule has 3 rings (SSSR count). The summed E-state index contributed by atoms with van der Waals surface area (Å²) in [5.74, 6) is -0.139. The number of aryl methyl sites for hydroxylation is 2. The fraction of sp³-hybridized carbons (Fsp3) is 0.200. The standard InChI is InChI=1S/C25H26O2S2/c1-19-9-15-23(16-10-19)28(26)25(29(27)24-17-11-20(2)12-18-24)21(3)13-14-22-7-5-4-6-8-22/h4-18,21,25H,1-3H3/b14-13+/t21-,28+,29+/m1/s1. The Morgan fingerprint density at radius 3 is 1.59 bits per heavy atom. The quantitative estimate of drug-likeness (QED) is 0.475. The normalized spacial score (nSPS) is 14.8. The van der Waals surface area contributed by atoms with Crippen LogP contribution in [0.15, 0.2) is 94.7 Å². The summed E-state index contributed by atoms with van der Waals surface area (Å²) in [6.45, 7) is 5.99. The monoisotopic (exact) mass is 422 g/mol. The smallest absolute Gasteiger partial charge is 0.125 e. The second kappa shape index (κ2) is 9.95. The Morgan fingerprint density at radius 2 is 1.14 bits per heavy atom. The minimum absolute atomic E-state index is 0.139. The molecule has 0 aliphatic carbocycles. The summed E-state index contributed by atoms with van der Waals surface area (Å²) in [6, 6.07) is 25.3. The van der Waals surface area contributed by atoms with E-state index in [1.165, 1.54) is 0 Å². The molecule has 0 aliphatic rings. The highest BCUT2D eigenvalue weighted by molar-refractivity contribution is 8.03. The predicted octanol–water partition coefficient (Wildman–Crippen LogP) is 5.89. The van der Waals surface area contributed by atoms with Crippen LogP contribution < -0.4 is 0 Å². The Bertz CT molecular complexity index is 949. The molecule has 0 aromatic heterocycles. The third kappa shape index (κ3) is 5.62. The molecule has 3 aromatic carbocycles. The van der Waals surface area contributed by atoms with Crippen LogP contribution in [0.3, 0.4) is 0 Å². The number of benzene rings is 3. The van der Waals surface area contributed by atoms with Crippen LogP contribution in [0.4, 0.5) is 0 Å². The average molecular weight is 423 g/mol. The molecule has 4 heteroatoms. The van der Waals surface area contributed by atoms with Gasteiger partial charge in [-0.25, -0.2) is 0 Å². The van der Waals surface area contributed by atoms with Crippen LogP contribution >= 0.6 is 0 Å². The Morgan fingerprint density at radius 1 is 0.690 bits per heavy atom. The summed E-state index contributed by atoms with van der Waals surface area (Å²) in [7, 11) is -2.81. The molecule has 0 radical (unpaired) electrons. The average Bonchev–Trinajstić information content (AvgIpc) is 2.74. The maximum Gasteiger partial charge on any atom is 0.125 e. The molecule has 0 spiro atoms. The van der Waals surface area contributed by atoms with Crippen molar-refractivity contribution in [1.82, 2.24) is 0 Å². The van der Waals surface area contributed by atoms with Crippen molar-refractivity contribution in [2.45, 2.75) is 35.1 Å². The summed E-state index contributed by atoms with van der Waals surface area (Å²) in [4.78, 5) is 1.42. The number of hydrogen-bond donors (Lipinski definition) is 0. The van der Waals surface area contributed by atoms with Gasteiger partial charge in [0.05, 0.1) is 21.6 Å². The Labute approximate surface area is 178 Å². The van der Waals surface area contributed by atoms with Gasteiger partial charge in [-0.2, -0.15) is 0 Å². The molecule has 3 atom stereocenters. The van der Waals surface area contributed by atoms with Gasteiger partial charge >= 0.3 is 0 Å². The Hall–Kier alpha value is -2.30. The van der Waals surface area contributed by atoms with Crippen LogP contribution in [0.5, 0.6) is 0 Å². The van der Waals surface area contributed by atoms with Gasteiger partial charge in [-0.05, 0) is 43.7 Å². The zero-order valence-corrected chi connectivity index (χ0v) is 18.6. The second-order valence-electron chi connectivity index (χ2n) is 7.22. The van der Waals surface area contributed by atoms with E-state index >= 15 is 0 Å². The van der Waals surface area contributed by atoms with Crippen molar-refractivity contribution in [3.8, 4) is 0 Å². The van der Waals surface area contributed by atoms with Gasteiger partial charge in [0.15, 0.2) is 0 Å². The van der Waals surface area contributed by atoms with Gasteiger partial charge in [0.2, 0.25) is 0 Å². The highest BCUT2D eigenvalue weighted by Gasteiger charge is 2.30. The molecule has 0 saturated heterocycles. The molecule has 0 saturated carbocycles. The van der Waals surface area contributed by atoms with Crippen molar-refractivity contribution < 1.29 is 8.42 Å². The second-order valence-corrected chi connectivity index (χ2v) is 10.7.